The summed E-state index contributed by atoms with van der Waals surface area (Å²) in [7, 11) is 0. The minimum Gasteiger partial charge on any atom is -0.348 e. The van der Waals surface area contributed by atoms with Gasteiger partial charge in [0.05, 0.1) is 27.2 Å². The number of para-hydroxylation sites is 2. The second-order valence-corrected chi connectivity index (χ2v) is 19.0. The number of hydrogen-bond acceptors (Lipinski definition) is 6. The first-order valence-corrected chi connectivity index (χ1v) is 23.9. The quantitative estimate of drug-likeness (QED) is 0.109. The van der Waals surface area contributed by atoms with E-state index in [-0.39, 0.29) is 0 Å². The number of benzene rings is 6. The van der Waals surface area contributed by atoms with Crippen molar-refractivity contribution in [2.45, 2.75) is 66.8 Å². The Hall–Kier alpha value is -6.68. The lowest BCUT2D eigenvalue weighted by molar-refractivity contribution is 0.529. The highest BCUT2D eigenvalue weighted by molar-refractivity contribution is 7.80. The Morgan fingerprint density at radius 3 is 1.41 bits per heavy atom. The molecule has 0 aliphatic carbocycles. The maximum Gasteiger partial charge on any atom is 0.178 e. The van der Waals surface area contributed by atoms with Gasteiger partial charge in [-0.1, -0.05) is 198 Å². The maximum atomic E-state index is 5.91. The molecule has 0 saturated heterocycles. The number of imidazole rings is 1. The van der Waals surface area contributed by atoms with Crippen molar-refractivity contribution >= 4 is 79.6 Å². The van der Waals surface area contributed by atoms with E-state index in [1.54, 1.807) is 0 Å². The van der Waals surface area contributed by atoms with Crippen molar-refractivity contribution in [2.75, 3.05) is 21.2 Å². The Morgan fingerprint density at radius 1 is 0.515 bits per heavy atom. The van der Waals surface area contributed by atoms with Crippen LogP contribution in [0, 0.1) is 16.6 Å². The van der Waals surface area contributed by atoms with Gasteiger partial charge in [-0.25, -0.2) is 9.97 Å². The van der Waals surface area contributed by atoms with Crippen LogP contribution in [0.2, 0.25) is 0 Å². The average Bonchev–Trinajstić information content (AvgIpc) is 3.83. The van der Waals surface area contributed by atoms with Gasteiger partial charge in [-0.2, -0.15) is 0 Å². The summed E-state index contributed by atoms with van der Waals surface area (Å²) in [5, 5.41) is 2.32. The zero-order valence-electron chi connectivity index (χ0n) is 38.3. The Kier molecular flexibility index (Phi) is 13.6. The normalized spacial score (nSPS) is 12.3. The van der Waals surface area contributed by atoms with Crippen LogP contribution in [0.1, 0.15) is 55.5 Å². The molecule has 0 unspecified atom stereocenters. The second-order valence-electron chi connectivity index (χ2n) is 18.1. The minimum absolute atomic E-state index is 0.482. The minimum atomic E-state index is 0.482. The van der Waals surface area contributed by atoms with Crippen molar-refractivity contribution in [3.8, 4) is 0 Å². The van der Waals surface area contributed by atoms with Crippen LogP contribution in [0.15, 0.2) is 170 Å². The number of nitrogens with one attached hydrogen (secondary N) is 1. The van der Waals surface area contributed by atoms with Crippen molar-refractivity contribution in [1.29, 1.82) is 0 Å². The monoisotopic (exact) mass is 903 g/mol. The Bertz CT molecular complexity index is 3050. The molecule has 1 aliphatic rings. The van der Waals surface area contributed by atoms with Crippen LogP contribution >= 0.6 is 24.4 Å². The Morgan fingerprint density at radius 2 is 0.924 bits per heavy atom. The number of rotatable bonds is 14. The highest BCUT2D eigenvalue weighted by Gasteiger charge is 2.32. The molecule has 0 saturated carbocycles. The van der Waals surface area contributed by atoms with E-state index in [4.69, 9.17) is 34.4 Å². The average molecular weight is 904 g/mol. The molecule has 1 N–H and O–H groups in total. The maximum absolute atomic E-state index is 5.91. The van der Waals surface area contributed by atoms with E-state index in [2.05, 4.69) is 222 Å². The van der Waals surface area contributed by atoms with Gasteiger partial charge in [0.15, 0.2) is 10.6 Å². The number of nitrogens with zero attached hydrogens (tertiary/aromatic N) is 6. The first-order chi connectivity index (χ1) is 32.2. The fourth-order valence-corrected chi connectivity index (χ4v) is 9.71. The number of aromatic nitrogens is 4. The smallest absolute Gasteiger partial charge is 0.178 e. The molecule has 1 aliphatic heterocycles. The Balaban J connectivity index is 0.000000166. The third-order valence-corrected chi connectivity index (χ3v) is 12.7. The zero-order valence-corrected chi connectivity index (χ0v) is 39.9. The first kappa shape index (κ1) is 44.5. The van der Waals surface area contributed by atoms with Gasteiger partial charge in [0, 0.05) is 62.0 Å². The summed E-state index contributed by atoms with van der Waals surface area (Å²) in [6.07, 6.45) is 0.768. The van der Waals surface area contributed by atoms with Gasteiger partial charge < -0.3 is 24.3 Å². The van der Waals surface area contributed by atoms with Crippen molar-refractivity contribution < 1.29 is 0 Å². The lowest BCUT2D eigenvalue weighted by atomic mass is 10.1. The highest BCUT2D eigenvalue weighted by Crippen LogP contribution is 2.42. The number of aromatic amines is 1. The van der Waals surface area contributed by atoms with E-state index in [1.807, 2.05) is 0 Å². The van der Waals surface area contributed by atoms with Crippen molar-refractivity contribution in [3.05, 3.63) is 202 Å². The molecule has 10 rings (SSSR count). The van der Waals surface area contributed by atoms with Gasteiger partial charge in [-0.3, -0.25) is 0 Å². The lowest BCUT2D eigenvalue weighted by Gasteiger charge is -2.28. The SMILES string of the molecule is CC(C)CN1C(=S)Cc2c(N(Cc3ccccc3)Cc3ccccc3)nc3ccccc3c21.CC(C)Cn1c(=S)[nH]c2c(N(Cc3ccccc3)Cc3ccccc3)nc3ccccc3c21. The van der Waals surface area contributed by atoms with Crippen molar-refractivity contribution in [1.82, 2.24) is 19.5 Å². The van der Waals surface area contributed by atoms with E-state index in [9.17, 15) is 0 Å². The Labute approximate surface area is 399 Å². The van der Waals surface area contributed by atoms with Crippen LogP contribution in [-0.2, 0) is 39.1 Å². The van der Waals surface area contributed by atoms with E-state index >= 15 is 0 Å². The number of hydrogen-bond donors (Lipinski definition) is 1. The van der Waals surface area contributed by atoms with Crippen LogP contribution in [0.25, 0.3) is 32.8 Å². The van der Waals surface area contributed by atoms with Crippen LogP contribution < -0.4 is 14.7 Å². The predicted octanol–water partition coefficient (Wildman–Crippen LogP) is 13.9. The summed E-state index contributed by atoms with van der Waals surface area (Å²) in [6.45, 7) is 13.8. The molecule has 0 atom stereocenters. The standard InChI is InChI=1S/C29H29N3S.C28H28N4S/c1-21(2)18-32-27(33)17-25-28(32)24-15-9-10-16-26(24)30-29(25)31(19-22-11-5-3-6-12-22)20-23-13-7-4-8-14-23;1-20(2)17-32-26-23-15-9-10-16-24(23)29-27(25(26)30-28(32)33)31(18-21-11-5-3-6-12-21)19-22-13-7-4-8-14-22/h3-16,21H,17-20H2,1-2H3;3-16,20H,17-19H2,1-2H3,(H,30,33). The largest absolute Gasteiger partial charge is 0.348 e. The molecule has 0 amide bonds. The van der Waals surface area contributed by atoms with Crippen LogP contribution in [0.4, 0.5) is 17.3 Å². The fraction of sp³-hybridized carbons (Fsp3) is 0.228. The summed E-state index contributed by atoms with van der Waals surface area (Å²) >= 11 is 11.7. The van der Waals surface area contributed by atoms with E-state index in [0.29, 0.717) is 11.8 Å². The molecule has 7 nitrogen and oxygen atoms in total. The highest BCUT2D eigenvalue weighted by atomic mass is 32.1. The predicted molar refractivity (Wildman–Crippen MR) is 283 cm³/mol. The molecule has 9 heteroatoms. The number of pyridine rings is 2. The van der Waals surface area contributed by atoms with Crippen LogP contribution in [0.5, 0.6) is 0 Å². The molecule has 0 spiro atoms. The third-order valence-electron chi connectivity index (χ3n) is 12.0. The van der Waals surface area contributed by atoms with Gasteiger partial charge in [0.1, 0.15) is 11.3 Å². The van der Waals surface area contributed by atoms with E-state index in [0.717, 1.165) is 94.5 Å². The molecule has 6 aromatic carbocycles. The molecular weight excluding hydrogens is 847 g/mol. The molecule has 0 bridgehead atoms. The summed E-state index contributed by atoms with van der Waals surface area (Å²) in [4.78, 5) is 22.0. The second kappa shape index (κ2) is 20.2. The molecule has 9 aromatic rings. The van der Waals surface area contributed by atoms with Crippen molar-refractivity contribution in [3.63, 3.8) is 0 Å². The number of H-pyrrole nitrogens is 1. The van der Waals surface area contributed by atoms with Gasteiger partial charge in [-0.15, -0.1) is 0 Å². The number of anilines is 3. The summed E-state index contributed by atoms with van der Waals surface area (Å²) < 4.78 is 2.99. The summed E-state index contributed by atoms with van der Waals surface area (Å²) in [6, 6.07) is 59.3. The van der Waals surface area contributed by atoms with Gasteiger partial charge in [0.2, 0.25) is 0 Å². The van der Waals surface area contributed by atoms with Gasteiger partial charge >= 0.3 is 0 Å². The molecule has 0 radical (unpaired) electrons. The molecular formula is C57H57N7S2. The van der Waals surface area contributed by atoms with E-state index in [1.165, 1.54) is 38.9 Å². The van der Waals surface area contributed by atoms with E-state index < -0.39 is 0 Å². The van der Waals surface area contributed by atoms with Gasteiger partial charge in [0.25, 0.3) is 0 Å². The molecule has 0 fully saturated rings. The fourth-order valence-electron chi connectivity index (χ4n) is 9.13. The number of thiocarbonyl (C=S) groups is 1. The molecule has 332 valence electrons. The van der Waals surface area contributed by atoms with Crippen LogP contribution in [-0.4, -0.2) is 31.1 Å². The molecule has 4 heterocycles. The number of fused-ring (bicyclic) bond motifs is 6. The first-order valence-electron chi connectivity index (χ1n) is 23.1. The summed E-state index contributed by atoms with van der Waals surface area (Å²) in [5.74, 6) is 2.99. The topological polar surface area (TPSA) is 56.2 Å². The zero-order chi connectivity index (χ0) is 45.6. The molecule has 66 heavy (non-hydrogen) atoms. The molecule has 3 aromatic heterocycles. The summed E-state index contributed by atoms with van der Waals surface area (Å²) in [5.41, 5.74) is 11.7. The lowest BCUT2D eigenvalue weighted by Crippen LogP contribution is -2.29. The van der Waals surface area contributed by atoms with Crippen LogP contribution in [0.3, 0.4) is 0 Å². The third kappa shape index (κ3) is 9.93. The van der Waals surface area contributed by atoms with Gasteiger partial charge in [-0.05, 0) is 58.4 Å². The van der Waals surface area contributed by atoms with Crippen molar-refractivity contribution in [2.24, 2.45) is 11.8 Å².